The van der Waals surface area contributed by atoms with Crippen LogP contribution in [0.5, 0.6) is 0 Å². The van der Waals surface area contributed by atoms with Crippen molar-refractivity contribution in [3.63, 3.8) is 0 Å². The maximum absolute atomic E-state index is 15.3. The van der Waals surface area contributed by atoms with E-state index in [9.17, 15) is 14.4 Å². The van der Waals surface area contributed by atoms with Crippen LogP contribution >= 0.6 is 0 Å². The Kier molecular flexibility index (Phi) is 7.29. The van der Waals surface area contributed by atoms with Gasteiger partial charge < -0.3 is 18.9 Å². The molecule has 0 radical (unpaired) electrons. The van der Waals surface area contributed by atoms with E-state index in [-0.39, 0.29) is 11.1 Å². The lowest BCUT2D eigenvalue weighted by molar-refractivity contribution is -0.129. The van der Waals surface area contributed by atoms with Gasteiger partial charge in [-0.05, 0) is 36.4 Å². The average molecular weight is 464 g/mol. The molecular weight excluding hydrogens is 443 g/mol. The highest BCUT2D eigenvalue weighted by Crippen LogP contribution is 2.29. The summed E-state index contributed by atoms with van der Waals surface area (Å²) in [7, 11) is 0. The molecule has 174 valence electrons. The first-order valence-corrected chi connectivity index (χ1v) is 10.6. The second-order valence-corrected chi connectivity index (χ2v) is 7.46. The molecule has 3 aromatic carbocycles. The van der Waals surface area contributed by atoms with Crippen molar-refractivity contribution in [3.8, 4) is 0 Å². The topological polar surface area (TPSA) is 88.1 Å². The molecule has 0 amide bonds. The van der Waals surface area contributed by atoms with Gasteiger partial charge in [0.25, 0.3) is 0 Å². The number of ether oxygens (including phenoxy) is 4. The van der Waals surface area contributed by atoms with E-state index in [1.165, 1.54) is 24.3 Å². The number of halogens is 1. The van der Waals surface area contributed by atoms with Crippen LogP contribution in [0.1, 0.15) is 31.1 Å². The second-order valence-electron chi connectivity index (χ2n) is 7.46. The molecule has 0 aromatic heterocycles. The van der Waals surface area contributed by atoms with Gasteiger partial charge >= 0.3 is 17.9 Å². The van der Waals surface area contributed by atoms with Crippen LogP contribution in [0.3, 0.4) is 0 Å². The molecule has 0 spiro atoms. The van der Waals surface area contributed by atoms with E-state index in [1.54, 1.807) is 66.7 Å². The molecule has 0 bridgehead atoms. The minimum atomic E-state index is -2.00. The van der Waals surface area contributed by atoms with E-state index in [2.05, 4.69) is 0 Å². The van der Waals surface area contributed by atoms with Crippen LogP contribution in [-0.2, 0) is 18.9 Å². The van der Waals surface area contributed by atoms with Crippen LogP contribution in [0, 0.1) is 0 Å². The van der Waals surface area contributed by atoms with Gasteiger partial charge in [-0.15, -0.1) is 0 Å². The zero-order valence-corrected chi connectivity index (χ0v) is 17.9. The Morgan fingerprint density at radius 2 is 1.12 bits per heavy atom. The van der Waals surface area contributed by atoms with Crippen molar-refractivity contribution in [1.82, 2.24) is 0 Å². The molecule has 1 fully saturated rings. The van der Waals surface area contributed by atoms with E-state index >= 15 is 4.39 Å². The van der Waals surface area contributed by atoms with Crippen LogP contribution in [0.4, 0.5) is 4.39 Å². The fraction of sp³-hybridized carbons (Fsp3) is 0.192. The molecule has 1 aliphatic heterocycles. The van der Waals surface area contributed by atoms with Crippen LogP contribution in [0.25, 0.3) is 0 Å². The molecule has 1 unspecified atom stereocenters. The van der Waals surface area contributed by atoms with E-state index in [4.69, 9.17) is 18.9 Å². The molecule has 34 heavy (non-hydrogen) atoms. The van der Waals surface area contributed by atoms with Crippen molar-refractivity contribution < 1.29 is 37.7 Å². The van der Waals surface area contributed by atoms with Crippen LogP contribution in [-0.4, -0.2) is 49.2 Å². The molecule has 1 saturated heterocycles. The summed E-state index contributed by atoms with van der Waals surface area (Å²) >= 11 is 0. The monoisotopic (exact) mass is 464 g/mol. The molecular formula is C26H21FO7. The lowest BCUT2D eigenvalue weighted by Gasteiger charge is -2.19. The highest BCUT2D eigenvalue weighted by Gasteiger charge is 2.50. The number of benzene rings is 3. The minimum absolute atomic E-state index is 0.204. The smallest absolute Gasteiger partial charge is 0.340 e. The van der Waals surface area contributed by atoms with Gasteiger partial charge in [0.2, 0.25) is 12.5 Å². The van der Waals surface area contributed by atoms with Crippen LogP contribution < -0.4 is 0 Å². The largest absolute Gasteiger partial charge is 0.459 e. The van der Waals surface area contributed by atoms with Crippen molar-refractivity contribution in [2.75, 3.05) is 6.61 Å². The average Bonchev–Trinajstić information content (AvgIpc) is 3.17. The van der Waals surface area contributed by atoms with Gasteiger partial charge in [-0.3, -0.25) is 0 Å². The Morgan fingerprint density at radius 1 is 0.676 bits per heavy atom. The van der Waals surface area contributed by atoms with Gasteiger partial charge in [-0.1, -0.05) is 54.6 Å². The number of carbonyl (C=O) groups excluding carboxylic acids is 3. The van der Waals surface area contributed by atoms with E-state index in [0.29, 0.717) is 5.56 Å². The molecule has 1 aliphatic rings. The highest BCUT2D eigenvalue weighted by atomic mass is 19.1. The maximum atomic E-state index is 15.3. The lowest BCUT2D eigenvalue weighted by Crippen LogP contribution is -2.37. The number of hydrogen-bond donors (Lipinski definition) is 0. The van der Waals surface area contributed by atoms with E-state index in [0.717, 1.165) is 0 Å². The van der Waals surface area contributed by atoms with Gasteiger partial charge in [-0.2, -0.15) is 0 Å². The molecule has 1 heterocycles. The zero-order chi connectivity index (χ0) is 23.9. The second kappa shape index (κ2) is 10.7. The van der Waals surface area contributed by atoms with Crippen molar-refractivity contribution in [2.24, 2.45) is 0 Å². The van der Waals surface area contributed by atoms with E-state index < -0.39 is 49.2 Å². The van der Waals surface area contributed by atoms with Gasteiger partial charge in [0.05, 0.1) is 16.7 Å². The molecule has 0 N–H and O–H groups in total. The molecule has 0 aliphatic carbocycles. The molecule has 3 aromatic rings. The van der Waals surface area contributed by atoms with Gasteiger partial charge in [0.1, 0.15) is 12.7 Å². The number of rotatable bonds is 7. The number of carbonyl (C=O) groups is 3. The SMILES string of the molecule is O=C(OC[C@H]1O[C@@H](OC(=O)c2ccccc2)C(F)[C@@H]1OC(=O)c1ccccc1)c1ccccc1. The number of hydrogen-bond acceptors (Lipinski definition) is 7. The summed E-state index contributed by atoms with van der Waals surface area (Å²) in [4.78, 5) is 37.2. The fourth-order valence-corrected chi connectivity index (χ4v) is 3.38. The summed E-state index contributed by atoms with van der Waals surface area (Å²) in [5.74, 6) is -2.24. The van der Waals surface area contributed by atoms with Gasteiger partial charge in [-0.25, -0.2) is 18.8 Å². The molecule has 7 nitrogen and oxygen atoms in total. The Bertz CT molecular complexity index is 1120. The summed E-state index contributed by atoms with van der Waals surface area (Å²) in [5, 5.41) is 0. The van der Waals surface area contributed by atoms with Gasteiger partial charge in [0, 0.05) is 0 Å². The molecule has 4 rings (SSSR count). The van der Waals surface area contributed by atoms with E-state index in [1.807, 2.05) is 0 Å². The highest BCUT2D eigenvalue weighted by molar-refractivity contribution is 5.90. The Labute approximate surface area is 195 Å². The predicted octanol–water partition coefficient (Wildman–Crippen LogP) is 3.99. The normalized spacial score (nSPS) is 21.4. The summed E-state index contributed by atoms with van der Waals surface area (Å²) < 4.78 is 36.6. The predicted molar refractivity (Wildman–Crippen MR) is 118 cm³/mol. The third kappa shape index (κ3) is 5.47. The number of esters is 3. The first-order chi connectivity index (χ1) is 16.5. The Balaban J connectivity index is 1.47. The maximum Gasteiger partial charge on any atom is 0.340 e. The Morgan fingerprint density at radius 3 is 1.62 bits per heavy atom. The minimum Gasteiger partial charge on any atom is -0.459 e. The van der Waals surface area contributed by atoms with Crippen molar-refractivity contribution in [1.29, 1.82) is 0 Å². The quantitative estimate of drug-likeness (QED) is 0.386. The van der Waals surface area contributed by atoms with Crippen molar-refractivity contribution in [3.05, 3.63) is 108 Å². The Hall–Kier alpha value is -4.04. The van der Waals surface area contributed by atoms with Crippen molar-refractivity contribution in [2.45, 2.75) is 24.7 Å². The molecule has 8 heteroatoms. The summed E-state index contributed by atoms with van der Waals surface area (Å²) in [6, 6.07) is 24.2. The first kappa shape index (κ1) is 23.1. The zero-order valence-electron chi connectivity index (χ0n) is 17.9. The summed E-state index contributed by atoms with van der Waals surface area (Å²) in [6.07, 6.45) is -6.31. The summed E-state index contributed by atoms with van der Waals surface area (Å²) in [5.41, 5.74) is 0.705. The first-order valence-electron chi connectivity index (χ1n) is 10.6. The standard InChI is InChI=1S/C26H21FO7/c27-21-22(33-24(29)18-12-6-2-7-13-18)20(16-31-23(28)17-10-4-1-5-11-17)32-26(21)34-25(30)19-14-8-3-9-15-19/h1-15,20-22,26H,16H2/t20-,21?,22-,26+/m1/s1. The van der Waals surface area contributed by atoms with Crippen LogP contribution in [0.15, 0.2) is 91.0 Å². The van der Waals surface area contributed by atoms with Crippen LogP contribution in [0.2, 0.25) is 0 Å². The number of alkyl halides is 1. The summed E-state index contributed by atoms with van der Waals surface area (Å²) in [6.45, 7) is -0.416. The fourth-order valence-electron chi connectivity index (χ4n) is 3.38. The van der Waals surface area contributed by atoms with Crippen molar-refractivity contribution >= 4 is 17.9 Å². The molecule has 0 saturated carbocycles. The lowest BCUT2D eigenvalue weighted by atomic mass is 10.1. The van der Waals surface area contributed by atoms with Gasteiger partial charge in [0.15, 0.2) is 6.10 Å². The third-order valence-electron chi connectivity index (χ3n) is 5.12. The molecule has 4 atom stereocenters. The third-order valence-corrected chi connectivity index (χ3v) is 5.12.